The van der Waals surface area contributed by atoms with Gasteiger partial charge in [0, 0.05) is 12.1 Å². The first kappa shape index (κ1) is 17.9. The van der Waals surface area contributed by atoms with E-state index >= 15 is 0 Å². The van der Waals surface area contributed by atoms with Gasteiger partial charge in [0.1, 0.15) is 11.9 Å². The molecule has 1 aromatic carbocycles. The minimum absolute atomic E-state index is 0.175. The zero-order chi connectivity index (χ0) is 18.7. The van der Waals surface area contributed by atoms with E-state index < -0.39 is 18.6 Å². The second kappa shape index (κ2) is 7.54. The number of fused-ring (bicyclic) bond motifs is 1. The zero-order valence-electron chi connectivity index (χ0n) is 14.0. The van der Waals surface area contributed by atoms with E-state index in [9.17, 15) is 14.7 Å². The Morgan fingerprint density at radius 1 is 1.31 bits per heavy atom. The van der Waals surface area contributed by atoms with Gasteiger partial charge in [-0.15, -0.1) is 0 Å². The molecule has 138 valence electrons. The first-order valence-corrected chi connectivity index (χ1v) is 8.14. The van der Waals surface area contributed by atoms with Crippen molar-refractivity contribution in [2.45, 2.75) is 19.2 Å². The molecule has 0 radical (unpaired) electrons. The van der Waals surface area contributed by atoms with E-state index in [1.165, 1.54) is 0 Å². The molecule has 1 aliphatic rings. The maximum absolute atomic E-state index is 12.8. The number of hydrogen-bond acceptors (Lipinski definition) is 6. The molecular weight excluding hydrogens is 340 g/mol. The number of nitrogens with zero attached hydrogens (tertiary/aromatic N) is 3. The predicted molar refractivity (Wildman–Crippen MR) is 90.1 cm³/mol. The molecule has 2 heterocycles. The first-order valence-electron chi connectivity index (χ1n) is 8.14. The number of ether oxygens (including phenoxy) is 1. The van der Waals surface area contributed by atoms with Crippen LogP contribution in [0.25, 0.3) is 0 Å². The van der Waals surface area contributed by atoms with Gasteiger partial charge in [-0.1, -0.05) is 6.07 Å². The summed E-state index contributed by atoms with van der Waals surface area (Å²) in [6.07, 6.45) is -1.03. The lowest BCUT2D eigenvalue weighted by Gasteiger charge is -2.27. The molecule has 4 N–H and O–H groups in total. The van der Waals surface area contributed by atoms with Crippen molar-refractivity contribution in [3.8, 4) is 5.75 Å². The average molecular weight is 360 g/mol. The molecule has 0 saturated carbocycles. The predicted octanol–water partition coefficient (Wildman–Crippen LogP) is -0.571. The van der Waals surface area contributed by atoms with Gasteiger partial charge in [0.25, 0.3) is 11.8 Å². The number of benzene rings is 1. The molecule has 26 heavy (non-hydrogen) atoms. The van der Waals surface area contributed by atoms with E-state index in [4.69, 9.17) is 15.6 Å². The molecule has 0 spiro atoms. The second-order valence-corrected chi connectivity index (χ2v) is 5.99. The Morgan fingerprint density at radius 2 is 2.12 bits per heavy atom. The van der Waals surface area contributed by atoms with E-state index in [2.05, 4.69) is 5.10 Å². The largest absolute Gasteiger partial charge is 0.484 e. The van der Waals surface area contributed by atoms with E-state index in [-0.39, 0.29) is 12.5 Å². The van der Waals surface area contributed by atoms with Crippen molar-refractivity contribution in [3.05, 3.63) is 47.3 Å². The molecule has 0 saturated heterocycles. The lowest BCUT2D eigenvalue weighted by molar-refractivity contribution is -0.119. The lowest BCUT2D eigenvalue weighted by atomic mass is 10.1. The third-order valence-electron chi connectivity index (χ3n) is 4.08. The number of hydrogen-bond donors (Lipinski definition) is 3. The monoisotopic (exact) mass is 360 g/mol. The van der Waals surface area contributed by atoms with Crippen LogP contribution in [0.2, 0.25) is 0 Å². The molecule has 0 fully saturated rings. The summed E-state index contributed by atoms with van der Waals surface area (Å²) < 4.78 is 6.96. The van der Waals surface area contributed by atoms with Crippen LogP contribution in [-0.2, 0) is 17.9 Å². The summed E-state index contributed by atoms with van der Waals surface area (Å²) in [4.78, 5) is 25.2. The molecule has 9 heteroatoms. The molecule has 1 unspecified atom stereocenters. The maximum atomic E-state index is 12.8. The Bertz CT molecular complexity index is 819. The molecule has 1 atom stereocenters. The van der Waals surface area contributed by atoms with Gasteiger partial charge < -0.3 is 25.6 Å². The number of aliphatic hydroxyl groups is 2. The van der Waals surface area contributed by atoms with E-state index in [1.807, 2.05) is 0 Å². The van der Waals surface area contributed by atoms with Gasteiger partial charge in [-0.25, -0.2) is 0 Å². The van der Waals surface area contributed by atoms with E-state index in [0.717, 1.165) is 5.69 Å². The molecule has 0 aliphatic carbocycles. The number of carbonyl (C=O) groups is 2. The summed E-state index contributed by atoms with van der Waals surface area (Å²) in [5, 5.41) is 23.0. The van der Waals surface area contributed by atoms with Crippen molar-refractivity contribution < 1.29 is 24.5 Å². The number of primary amides is 1. The van der Waals surface area contributed by atoms with Gasteiger partial charge in [0.2, 0.25) is 0 Å². The minimum Gasteiger partial charge on any atom is -0.484 e. The minimum atomic E-state index is -1.03. The first-order chi connectivity index (χ1) is 12.5. The molecular formula is C17H20N4O5. The van der Waals surface area contributed by atoms with Gasteiger partial charge in [-0.3, -0.25) is 14.3 Å². The number of nitrogens with two attached hydrogens (primary N) is 1. The number of aliphatic hydroxyl groups excluding tert-OH is 2. The zero-order valence-corrected chi connectivity index (χ0v) is 14.0. The Morgan fingerprint density at radius 3 is 2.85 bits per heavy atom. The van der Waals surface area contributed by atoms with Crippen LogP contribution in [0.15, 0.2) is 30.3 Å². The van der Waals surface area contributed by atoms with Crippen LogP contribution < -0.4 is 10.5 Å². The summed E-state index contributed by atoms with van der Waals surface area (Å²) in [6.45, 7) is 0.648. The van der Waals surface area contributed by atoms with E-state index in [1.54, 1.807) is 39.9 Å². The fraction of sp³-hybridized carbons (Fsp3) is 0.353. The van der Waals surface area contributed by atoms with Crippen LogP contribution in [0.4, 0.5) is 0 Å². The third-order valence-corrected chi connectivity index (χ3v) is 4.08. The third kappa shape index (κ3) is 3.84. The number of amides is 2. The molecule has 2 amide bonds. The standard InChI is InChI=1S/C17H20N4O5/c18-16(24)10-26-13-3-1-2-11(6-13)17(25)20-4-5-21-12(8-20)7-14(19-21)15(23)9-22/h1-3,6-7,15,22-23H,4-5,8-10H2,(H2,18,24). The molecule has 2 aromatic rings. The molecule has 0 bridgehead atoms. The average Bonchev–Trinajstić information content (AvgIpc) is 3.08. The van der Waals surface area contributed by atoms with Crippen molar-refractivity contribution in [2.75, 3.05) is 19.8 Å². The van der Waals surface area contributed by atoms with Crippen LogP contribution in [0, 0.1) is 0 Å². The van der Waals surface area contributed by atoms with Crippen LogP contribution in [0.1, 0.15) is 27.8 Å². The van der Waals surface area contributed by atoms with Gasteiger partial charge in [0.15, 0.2) is 6.61 Å². The van der Waals surface area contributed by atoms with Crippen molar-refractivity contribution in [3.63, 3.8) is 0 Å². The second-order valence-electron chi connectivity index (χ2n) is 5.99. The topological polar surface area (TPSA) is 131 Å². The van der Waals surface area contributed by atoms with Gasteiger partial charge in [-0.2, -0.15) is 5.10 Å². The highest BCUT2D eigenvalue weighted by Crippen LogP contribution is 2.21. The molecule has 1 aromatic heterocycles. The fourth-order valence-corrected chi connectivity index (χ4v) is 2.77. The SMILES string of the molecule is NC(=O)COc1cccc(C(=O)N2CCn3nc(C(O)CO)cc3C2)c1. The summed E-state index contributed by atoms with van der Waals surface area (Å²) in [5.74, 6) is -0.372. The highest BCUT2D eigenvalue weighted by atomic mass is 16.5. The van der Waals surface area contributed by atoms with Crippen molar-refractivity contribution >= 4 is 11.8 Å². The van der Waals surface area contributed by atoms with Gasteiger partial charge >= 0.3 is 0 Å². The highest BCUT2D eigenvalue weighted by Gasteiger charge is 2.24. The van der Waals surface area contributed by atoms with Crippen molar-refractivity contribution in [1.82, 2.24) is 14.7 Å². The van der Waals surface area contributed by atoms with Crippen LogP contribution in [0.5, 0.6) is 5.75 Å². The number of carbonyl (C=O) groups excluding carboxylic acids is 2. The number of aromatic nitrogens is 2. The Kier molecular flexibility index (Phi) is 5.19. The van der Waals surface area contributed by atoms with Gasteiger partial charge in [-0.05, 0) is 24.3 Å². The normalized spacial score (nSPS) is 14.6. The Hall–Kier alpha value is -2.91. The number of rotatable bonds is 6. The summed E-state index contributed by atoms with van der Waals surface area (Å²) in [5.41, 5.74) is 6.67. The maximum Gasteiger partial charge on any atom is 0.255 e. The quantitative estimate of drug-likeness (QED) is 0.632. The van der Waals surface area contributed by atoms with Crippen LogP contribution in [-0.4, -0.2) is 56.5 Å². The summed E-state index contributed by atoms with van der Waals surface area (Å²) in [7, 11) is 0. The van der Waals surface area contributed by atoms with Crippen LogP contribution >= 0.6 is 0 Å². The molecule has 3 rings (SSSR count). The summed E-state index contributed by atoms with van der Waals surface area (Å²) >= 11 is 0. The summed E-state index contributed by atoms with van der Waals surface area (Å²) in [6, 6.07) is 8.25. The molecule has 9 nitrogen and oxygen atoms in total. The smallest absolute Gasteiger partial charge is 0.255 e. The van der Waals surface area contributed by atoms with Crippen LogP contribution in [0.3, 0.4) is 0 Å². The van der Waals surface area contributed by atoms with Crippen molar-refractivity contribution in [2.24, 2.45) is 5.73 Å². The van der Waals surface area contributed by atoms with Crippen molar-refractivity contribution in [1.29, 1.82) is 0 Å². The lowest BCUT2D eigenvalue weighted by Crippen LogP contribution is -2.38. The Labute approximate surface area is 149 Å². The van der Waals surface area contributed by atoms with E-state index in [0.29, 0.717) is 36.6 Å². The fourth-order valence-electron chi connectivity index (χ4n) is 2.77. The Balaban J connectivity index is 1.72. The molecule has 1 aliphatic heterocycles. The highest BCUT2D eigenvalue weighted by molar-refractivity contribution is 5.94. The van der Waals surface area contributed by atoms with Gasteiger partial charge in [0.05, 0.1) is 31.1 Å².